The van der Waals surface area contributed by atoms with Crippen molar-refractivity contribution in [3.8, 4) is 0 Å². The number of rotatable bonds is 6. The van der Waals surface area contributed by atoms with E-state index < -0.39 is 0 Å². The van der Waals surface area contributed by atoms with Gasteiger partial charge in [-0.15, -0.1) is 0 Å². The Kier molecular flexibility index (Phi) is 7.00. The van der Waals surface area contributed by atoms with Gasteiger partial charge in [0, 0.05) is 6.04 Å². The zero-order valence-electron chi connectivity index (χ0n) is 15.8. The van der Waals surface area contributed by atoms with Gasteiger partial charge >= 0.3 is 5.97 Å². The second-order valence-electron chi connectivity index (χ2n) is 7.03. The highest BCUT2D eigenvalue weighted by Gasteiger charge is 2.27. The first-order valence-corrected chi connectivity index (χ1v) is 9.08. The molecular formula is C20H30N2O3. The summed E-state index contributed by atoms with van der Waals surface area (Å²) < 4.78 is 4.78. The molecule has 1 heterocycles. The van der Waals surface area contributed by atoms with Gasteiger partial charge in [0.05, 0.1) is 26.1 Å². The Morgan fingerprint density at radius 2 is 2.04 bits per heavy atom. The molecule has 0 aromatic heterocycles. The molecule has 0 aliphatic carbocycles. The Morgan fingerprint density at radius 3 is 2.72 bits per heavy atom. The first-order valence-electron chi connectivity index (χ1n) is 9.08. The van der Waals surface area contributed by atoms with Gasteiger partial charge in [-0.3, -0.25) is 14.5 Å². The summed E-state index contributed by atoms with van der Waals surface area (Å²) >= 11 is 0. The number of hydrogen-bond donors (Lipinski definition) is 1. The van der Waals surface area contributed by atoms with Crippen molar-refractivity contribution in [1.82, 2.24) is 10.2 Å². The van der Waals surface area contributed by atoms with E-state index in [1.54, 1.807) is 0 Å². The summed E-state index contributed by atoms with van der Waals surface area (Å²) in [6.45, 7) is 7.35. The van der Waals surface area contributed by atoms with E-state index in [1.807, 2.05) is 6.92 Å². The van der Waals surface area contributed by atoms with Crippen molar-refractivity contribution >= 4 is 11.9 Å². The molecular weight excluding hydrogens is 316 g/mol. The monoisotopic (exact) mass is 346 g/mol. The van der Waals surface area contributed by atoms with Crippen molar-refractivity contribution in [2.75, 3.05) is 20.2 Å². The number of hydrogen-bond acceptors (Lipinski definition) is 4. The predicted molar refractivity (Wildman–Crippen MR) is 98.3 cm³/mol. The summed E-state index contributed by atoms with van der Waals surface area (Å²) in [6.07, 6.45) is 3.46. The molecule has 2 atom stereocenters. The molecule has 25 heavy (non-hydrogen) atoms. The van der Waals surface area contributed by atoms with Gasteiger partial charge in [0.2, 0.25) is 5.91 Å². The predicted octanol–water partition coefficient (Wildman–Crippen LogP) is 2.90. The molecule has 138 valence electrons. The maximum atomic E-state index is 12.5. The van der Waals surface area contributed by atoms with Crippen molar-refractivity contribution in [3.63, 3.8) is 0 Å². The number of nitrogens with one attached hydrogen (secondary N) is 1. The van der Waals surface area contributed by atoms with E-state index in [9.17, 15) is 9.59 Å². The van der Waals surface area contributed by atoms with Crippen LogP contribution >= 0.6 is 0 Å². The topological polar surface area (TPSA) is 58.6 Å². The molecule has 1 amide bonds. The van der Waals surface area contributed by atoms with Crippen LogP contribution in [0, 0.1) is 13.8 Å². The van der Waals surface area contributed by atoms with Crippen LogP contribution in [0.15, 0.2) is 18.2 Å². The minimum Gasteiger partial charge on any atom is -0.469 e. The van der Waals surface area contributed by atoms with E-state index in [0.717, 1.165) is 31.4 Å². The fourth-order valence-electron chi connectivity index (χ4n) is 3.36. The Balaban J connectivity index is 1.92. The SMILES string of the molecule is COC(=O)C[C@@H]1CCCCN1CC(=O)N[C@H](C)c1ccc(C)c(C)c1. The highest BCUT2D eigenvalue weighted by Crippen LogP contribution is 2.20. The average molecular weight is 346 g/mol. The van der Waals surface area contributed by atoms with E-state index in [1.165, 1.54) is 18.2 Å². The second kappa shape index (κ2) is 8.99. The number of ether oxygens (including phenoxy) is 1. The molecule has 0 unspecified atom stereocenters. The molecule has 1 aromatic rings. The first kappa shape index (κ1) is 19.4. The third-order valence-corrected chi connectivity index (χ3v) is 5.13. The highest BCUT2D eigenvalue weighted by atomic mass is 16.5. The Hall–Kier alpha value is -1.88. The highest BCUT2D eigenvalue weighted by molar-refractivity contribution is 5.78. The van der Waals surface area contributed by atoms with Crippen LogP contribution in [-0.2, 0) is 14.3 Å². The van der Waals surface area contributed by atoms with Gasteiger partial charge in [-0.1, -0.05) is 24.6 Å². The zero-order chi connectivity index (χ0) is 18.4. The molecule has 5 nitrogen and oxygen atoms in total. The summed E-state index contributed by atoms with van der Waals surface area (Å²) in [6, 6.07) is 6.35. The molecule has 1 saturated heterocycles. The van der Waals surface area contributed by atoms with Crippen molar-refractivity contribution < 1.29 is 14.3 Å². The molecule has 0 bridgehead atoms. The molecule has 2 rings (SSSR count). The van der Waals surface area contributed by atoms with Crippen LogP contribution in [0.4, 0.5) is 0 Å². The van der Waals surface area contributed by atoms with Crippen molar-refractivity contribution in [2.24, 2.45) is 0 Å². The number of esters is 1. The summed E-state index contributed by atoms with van der Waals surface area (Å²) in [5.41, 5.74) is 3.59. The molecule has 0 spiro atoms. The molecule has 1 aliphatic heterocycles. The minimum atomic E-state index is -0.208. The molecule has 0 radical (unpaired) electrons. The van der Waals surface area contributed by atoms with Crippen LogP contribution in [0.3, 0.4) is 0 Å². The minimum absolute atomic E-state index is 0.00231. The third kappa shape index (κ3) is 5.56. The van der Waals surface area contributed by atoms with Crippen molar-refractivity contribution in [1.29, 1.82) is 0 Å². The molecule has 1 aromatic carbocycles. The summed E-state index contributed by atoms with van der Waals surface area (Å²) in [4.78, 5) is 26.2. The Labute approximate surface area is 150 Å². The number of carbonyl (C=O) groups is 2. The maximum Gasteiger partial charge on any atom is 0.307 e. The lowest BCUT2D eigenvalue weighted by molar-refractivity contribution is -0.143. The van der Waals surface area contributed by atoms with Crippen LogP contribution in [-0.4, -0.2) is 43.0 Å². The fraction of sp³-hybridized carbons (Fsp3) is 0.600. The largest absolute Gasteiger partial charge is 0.469 e. The van der Waals surface area contributed by atoms with Gasteiger partial charge in [-0.2, -0.15) is 0 Å². The summed E-state index contributed by atoms with van der Waals surface area (Å²) in [7, 11) is 1.41. The second-order valence-corrected chi connectivity index (χ2v) is 7.03. The van der Waals surface area contributed by atoms with Crippen LogP contribution in [0.5, 0.6) is 0 Å². The van der Waals surface area contributed by atoms with Crippen LogP contribution < -0.4 is 5.32 Å². The summed E-state index contributed by atoms with van der Waals surface area (Å²) in [5, 5.41) is 3.08. The van der Waals surface area contributed by atoms with E-state index in [4.69, 9.17) is 4.74 Å². The number of methoxy groups -OCH3 is 1. The van der Waals surface area contributed by atoms with Gasteiger partial charge in [0.15, 0.2) is 0 Å². The van der Waals surface area contributed by atoms with Crippen LogP contribution in [0.25, 0.3) is 0 Å². The smallest absolute Gasteiger partial charge is 0.307 e. The van der Waals surface area contributed by atoms with E-state index in [0.29, 0.717) is 13.0 Å². The van der Waals surface area contributed by atoms with Gasteiger partial charge in [-0.05, 0) is 56.8 Å². The lowest BCUT2D eigenvalue weighted by Gasteiger charge is -2.34. The number of nitrogens with zero attached hydrogens (tertiary/aromatic N) is 1. The number of likely N-dealkylation sites (tertiary alicyclic amines) is 1. The number of benzene rings is 1. The van der Waals surface area contributed by atoms with Gasteiger partial charge in [0.1, 0.15) is 0 Å². The Morgan fingerprint density at radius 1 is 1.28 bits per heavy atom. The van der Waals surface area contributed by atoms with E-state index in [2.05, 4.69) is 42.3 Å². The zero-order valence-corrected chi connectivity index (χ0v) is 15.8. The molecule has 0 saturated carbocycles. The number of amides is 1. The average Bonchev–Trinajstić information content (AvgIpc) is 2.58. The number of aryl methyl sites for hydroxylation is 2. The fourth-order valence-corrected chi connectivity index (χ4v) is 3.36. The number of carbonyl (C=O) groups excluding carboxylic acids is 2. The molecule has 1 N–H and O–H groups in total. The normalized spacial score (nSPS) is 19.3. The maximum absolute atomic E-state index is 12.5. The first-order chi connectivity index (χ1) is 11.9. The van der Waals surface area contributed by atoms with Crippen molar-refractivity contribution in [3.05, 3.63) is 34.9 Å². The molecule has 1 aliphatic rings. The quantitative estimate of drug-likeness (QED) is 0.805. The van der Waals surface area contributed by atoms with Crippen molar-refractivity contribution in [2.45, 2.75) is 58.5 Å². The number of piperidine rings is 1. The summed E-state index contributed by atoms with van der Waals surface area (Å²) in [5.74, 6) is -0.205. The third-order valence-electron chi connectivity index (χ3n) is 5.13. The van der Waals surface area contributed by atoms with E-state index >= 15 is 0 Å². The molecule has 1 fully saturated rings. The van der Waals surface area contributed by atoms with Gasteiger partial charge < -0.3 is 10.1 Å². The lowest BCUT2D eigenvalue weighted by Crippen LogP contribution is -2.46. The molecule has 5 heteroatoms. The standard InChI is InChI=1S/C20H30N2O3/c1-14-8-9-17(11-15(14)2)16(3)21-19(23)13-22-10-6-5-7-18(22)12-20(24)25-4/h8-9,11,16,18H,5-7,10,12-13H2,1-4H3,(H,21,23)/t16-,18+/m1/s1. The van der Waals surface area contributed by atoms with E-state index in [-0.39, 0.29) is 24.0 Å². The Bertz CT molecular complexity index is 615. The van der Waals surface area contributed by atoms with Crippen LogP contribution in [0.2, 0.25) is 0 Å². The van der Waals surface area contributed by atoms with Crippen LogP contribution in [0.1, 0.15) is 55.3 Å². The van der Waals surface area contributed by atoms with Gasteiger partial charge in [-0.25, -0.2) is 0 Å². The lowest BCUT2D eigenvalue weighted by atomic mass is 9.99. The van der Waals surface area contributed by atoms with Gasteiger partial charge in [0.25, 0.3) is 0 Å².